The molecule has 1 fully saturated rings. The number of nitrogens with zero attached hydrogens (tertiary/aromatic N) is 4. The standard InChI is InChI=1S/C22H21N5O3S/c1-4-14-7-9-15(10-8-14)20(29)24-22-23-19-18(31-22)17(25-27(19)13(2)3)21(30)26-11-5-6-16(26)12-28/h1,7-10,16,28H,2,5-6,11-12H2,3H3,(H,23,24,29)/t16-/m0/s1. The minimum absolute atomic E-state index is 0.0848. The number of nitrogens with one attached hydrogen (secondary N) is 1. The number of anilines is 1. The number of benzene rings is 1. The van der Waals surface area contributed by atoms with E-state index in [4.69, 9.17) is 6.42 Å². The van der Waals surface area contributed by atoms with Crippen LogP contribution in [0.2, 0.25) is 0 Å². The topological polar surface area (TPSA) is 100 Å². The second-order valence-corrected chi connectivity index (χ2v) is 8.32. The Bertz CT molecular complexity index is 1220. The summed E-state index contributed by atoms with van der Waals surface area (Å²) in [6.45, 7) is 6.16. The largest absolute Gasteiger partial charge is 0.394 e. The third-order valence-corrected chi connectivity index (χ3v) is 6.14. The first-order valence-corrected chi connectivity index (χ1v) is 10.6. The van der Waals surface area contributed by atoms with Crippen molar-refractivity contribution in [2.24, 2.45) is 0 Å². The Balaban J connectivity index is 1.66. The zero-order valence-corrected chi connectivity index (χ0v) is 17.8. The monoisotopic (exact) mass is 435 g/mol. The molecule has 0 bridgehead atoms. The zero-order chi connectivity index (χ0) is 22.1. The molecule has 2 N–H and O–H groups in total. The van der Waals surface area contributed by atoms with Crippen molar-refractivity contribution in [1.82, 2.24) is 19.7 Å². The second kappa shape index (κ2) is 8.34. The number of thiazole rings is 1. The molecule has 1 aliphatic rings. The van der Waals surface area contributed by atoms with Crippen LogP contribution in [0.25, 0.3) is 16.0 Å². The maximum atomic E-state index is 13.2. The number of amides is 2. The molecule has 31 heavy (non-hydrogen) atoms. The fraction of sp³-hybridized carbons (Fsp3) is 0.273. The lowest BCUT2D eigenvalue weighted by atomic mass is 10.1. The number of fused-ring (bicyclic) bond motifs is 1. The number of aliphatic hydroxyl groups excluding tert-OH is 1. The van der Waals surface area contributed by atoms with E-state index >= 15 is 0 Å². The second-order valence-electron chi connectivity index (χ2n) is 7.32. The number of likely N-dealkylation sites (tertiary alicyclic amines) is 1. The van der Waals surface area contributed by atoms with Crippen LogP contribution in [0.15, 0.2) is 30.8 Å². The third-order valence-electron chi connectivity index (χ3n) is 5.17. The van der Waals surface area contributed by atoms with Crippen molar-refractivity contribution >= 4 is 44.3 Å². The number of carbonyl (C=O) groups is 2. The molecule has 3 heterocycles. The van der Waals surface area contributed by atoms with E-state index in [0.717, 1.165) is 12.8 Å². The normalized spacial score (nSPS) is 15.8. The quantitative estimate of drug-likeness (QED) is 0.601. The maximum Gasteiger partial charge on any atom is 0.276 e. The summed E-state index contributed by atoms with van der Waals surface area (Å²) < 4.78 is 2.06. The first kappa shape index (κ1) is 20.8. The summed E-state index contributed by atoms with van der Waals surface area (Å²) in [5.74, 6) is 1.92. The third kappa shape index (κ3) is 3.83. The van der Waals surface area contributed by atoms with Gasteiger partial charge in [0.25, 0.3) is 11.8 Å². The molecule has 1 saturated heterocycles. The van der Waals surface area contributed by atoms with Crippen LogP contribution in [0.5, 0.6) is 0 Å². The van der Waals surface area contributed by atoms with Crippen molar-refractivity contribution < 1.29 is 14.7 Å². The van der Waals surface area contributed by atoms with Gasteiger partial charge in [0.05, 0.1) is 12.6 Å². The summed E-state index contributed by atoms with van der Waals surface area (Å²) in [6, 6.07) is 6.46. The minimum Gasteiger partial charge on any atom is -0.394 e. The first-order valence-electron chi connectivity index (χ1n) is 9.78. The summed E-state index contributed by atoms with van der Waals surface area (Å²) >= 11 is 1.18. The summed E-state index contributed by atoms with van der Waals surface area (Å²) in [4.78, 5) is 31.9. The highest BCUT2D eigenvalue weighted by Gasteiger charge is 2.33. The van der Waals surface area contributed by atoms with E-state index in [1.54, 1.807) is 36.1 Å². The Morgan fingerprint density at radius 2 is 2.13 bits per heavy atom. The Morgan fingerprint density at radius 1 is 1.39 bits per heavy atom. The van der Waals surface area contributed by atoms with Gasteiger partial charge < -0.3 is 10.0 Å². The van der Waals surface area contributed by atoms with Crippen molar-refractivity contribution in [3.63, 3.8) is 0 Å². The number of hydrogen-bond donors (Lipinski definition) is 2. The number of rotatable bonds is 5. The summed E-state index contributed by atoms with van der Waals surface area (Å²) in [5.41, 5.74) is 2.42. The van der Waals surface area contributed by atoms with Gasteiger partial charge in [-0.25, -0.2) is 4.68 Å². The average molecular weight is 436 g/mol. The molecule has 0 unspecified atom stereocenters. The van der Waals surface area contributed by atoms with Crippen LogP contribution in [0.3, 0.4) is 0 Å². The smallest absolute Gasteiger partial charge is 0.276 e. The molecule has 0 spiro atoms. The van der Waals surface area contributed by atoms with Crippen LogP contribution < -0.4 is 5.32 Å². The van der Waals surface area contributed by atoms with Crippen LogP contribution in [0.4, 0.5) is 5.13 Å². The number of hydrogen-bond acceptors (Lipinski definition) is 6. The molecule has 0 radical (unpaired) electrons. The first-order chi connectivity index (χ1) is 14.9. The van der Waals surface area contributed by atoms with E-state index in [9.17, 15) is 14.7 Å². The molecule has 158 valence electrons. The Labute approximate surface area is 183 Å². The Morgan fingerprint density at radius 3 is 2.77 bits per heavy atom. The fourth-order valence-corrected chi connectivity index (χ4v) is 4.50. The van der Waals surface area contributed by atoms with E-state index in [-0.39, 0.29) is 30.2 Å². The van der Waals surface area contributed by atoms with Gasteiger partial charge in [-0.05, 0) is 44.0 Å². The fourth-order valence-electron chi connectivity index (χ4n) is 3.58. The van der Waals surface area contributed by atoms with Gasteiger partial charge in [0.1, 0.15) is 4.70 Å². The van der Waals surface area contributed by atoms with Gasteiger partial charge in [-0.2, -0.15) is 10.1 Å². The van der Waals surface area contributed by atoms with Gasteiger partial charge in [-0.1, -0.05) is 23.8 Å². The molecule has 3 aromatic rings. The lowest BCUT2D eigenvalue weighted by Crippen LogP contribution is -2.37. The number of allylic oxidation sites excluding steroid dienone is 1. The molecule has 2 amide bonds. The van der Waals surface area contributed by atoms with Gasteiger partial charge in [0.2, 0.25) is 0 Å². The Hall–Kier alpha value is -3.48. The number of carbonyl (C=O) groups excluding carboxylic acids is 2. The van der Waals surface area contributed by atoms with Crippen LogP contribution in [-0.4, -0.2) is 55.8 Å². The molecule has 8 nitrogen and oxygen atoms in total. The van der Waals surface area contributed by atoms with Gasteiger partial charge in [0, 0.05) is 23.4 Å². The molecule has 1 aromatic carbocycles. The van der Waals surface area contributed by atoms with E-state index in [0.29, 0.717) is 38.8 Å². The number of aromatic nitrogens is 3. The van der Waals surface area contributed by atoms with Crippen molar-refractivity contribution in [2.75, 3.05) is 18.5 Å². The van der Waals surface area contributed by atoms with E-state index in [1.165, 1.54) is 16.0 Å². The van der Waals surface area contributed by atoms with Gasteiger partial charge in [-0.3, -0.25) is 14.9 Å². The Kier molecular flexibility index (Phi) is 5.59. The molecular weight excluding hydrogens is 414 g/mol. The lowest BCUT2D eigenvalue weighted by molar-refractivity contribution is 0.0673. The molecule has 9 heteroatoms. The van der Waals surface area contributed by atoms with Crippen LogP contribution in [0.1, 0.15) is 46.2 Å². The van der Waals surface area contributed by atoms with Gasteiger partial charge >= 0.3 is 0 Å². The lowest BCUT2D eigenvalue weighted by Gasteiger charge is -2.21. The summed E-state index contributed by atoms with van der Waals surface area (Å²) in [7, 11) is 0. The highest BCUT2D eigenvalue weighted by molar-refractivity contribution is 7.22. The highest BCUT2D eigenvalue weighted by Crippen LogP contribution is 2.32. The van der Waals surface area contributed by atoms with Crippen molar-refractivity contribution in [1.29, 1.82) is 0 Å². The average Bonchev–Trinajstić information content (AvgIpc) is 3.47. The molecule has 0 aliphatic carbocycles. The number of terminal acetylenes is 1. The van der Waals surface area contributed by atoms with Gasteiger partial charge in [-0.15, -0.1) is 6.42 Å². The van der Waals surface area contributed by atoms with Crippen molar-refractivity contribution in [3.8, 4) is 12.3 Å². The zero-order valence-electron chi connectivity index (χ0n) is 17.0. The predicted molar refractivity (Wildman–Crippen MR) is 120 cm³/mol. The van der Waals surface area contributed by atoms with Crippen molar-refractivity contribution in [2.45, 2.75) is 25.8 Å². The number of aliphatic hydroxyl groups is 1. The molecule has 2 aromatic heterocycles. The SMILES string of the molecule is C#Cc1ccc(C(=O)Nc2nc3c(s2)c(C(=O)N2CCC[C@H]2CO)nn3C(=C)C)cc1. The van der Waals surface area contributed by atoms with E-state index in [2.05, 4.69) is 27.9 Å². The van der Waals surface area contributed by atoms with Crippen LogP contribution in [-0.2, 0) is 0 Å². The minimum atomic E-state index is -0.331. The van der Waals surface area contributed by atoms with E-state index in [1.807, 2.05) is 0 Å². The van der Waals surface area contributed by atoms with Crippen molar-refractivity contribution in [3.05, 3.63) is 47.7 Å². The molecule has 1 aliphatic heterocycles. The summed E-state index contributed by atoms with van der Waals surface area (Å²) in [5, 5.41) is 17.1. The maximum absolute atomic E-state index is 13.2. The van der Waals surface area contributed by atoms with Crippen LogP contribution in [0, 0.1) is 12.3 Å². The molecule has 4 rings (SSSR count). The van der Waals surface area contributed by atoms with E-state index < -0.39 is 0 Å². The van der Waals surface area contributed by atoms with Crippen LogP contribution >= 0.6 is 11.3 Å². The predicted octanol–water partition coefficient (Wildman–Crippen LogP) is 2.81. The molecular formula is C22H21N5O3S. The summed E-state index contributed by atoms with van der Waals surface area (Å²) in [6.07, 6.45) is 6.95. The van der Waals surface area contributed by atoms with Gasteiger partial charge in [0.15, 0.2) is 16.5 Å². The molecule has 0 saturated carbocycles. The highest BCUT2D eigenvalue weighted by atomic mass is 32.1. The molecule has 1 atom stereocenters.